The van der Waals surface area contributed by atoms with Gasteiger partial charge in [-0.1, -0.05) is 29.8 Å². The second-order valence-corrected chi connectivity index (χ2v) is 7.89. The van der Waals surface area contributed by atoms with Gasteiger partial charge in [-0.15, -0.1) is 0 Å². The molecule has 2 heterocycles. The molecule has 4 nitrogen and oxygen atoms in total. The minimum atomic E-state index is -0.991. The average molecular weight is 370 g/mol. The van der Waals surface area contributed by atoms with Crippen LogP contribution in [0.3, 0.4) is 0 Å². The van der Waals surface area contributed by atoms with Gasteiger partial charge in [-0.2, -0.15) is 0 Å². The van der Waals surface area contributed by atoms with E-state index in [0.29, 0.717) is 13.2 Å². The number of rotatable bonds is 4. The molecule has 1 N–H and O–H groups in total. The number of aryl methyl sites for hydroxylation is 1. The fraction of sp³-hybridized carbons (Fsp3) is 0.381. The van der Waals surface area contributed by atoms with Crippen molar-refractivity contribution in [1.29, 1.82) is 0 Å². The molecule has 0 bridgehead atoms. The summed E-state index contributed by atoms with van der Waals surface area (Å²) < 4.78 is 7.73. The van der Waals surface area contributed by atoms with Crippen LogP contribution in [0, 0.1) is 6.92 Å². The lowest BCUT2D eigenvalue weighted by molar-refractivity contribution is -0.656. The van der Waals surface area contributed by atoms with Crippen LogP contribution >= 0.6 is 11.8 Å². The first-order valence-electron chi connectivity index (χ1n) is 9.19. The summed E-state index contributed by atoms with van der Waals surface area (Å²) in [5.74, 6) is 1.96. The van der Waals surface area contributed by atoms with Crippen molar-refractivity contribution in [2.24, 2.45) is 0 Å². The molecule has 0 fully saturated rings. The largest absolute Gasteiger partial charge is 0.494 e. The van der Waals surface area contributed by atoms with Gasteiger partial charge in [0, 0.05) is 11.3 Å². The molecule has 26 heavy (non-hydrogen) atoms. The highest BCUT2D eigenvalue weighted by Gasteiger charge is 2.53. The topological polar surface area (TPSA) is 35.7 Å². The SMILES string of the molecule is CCOc1ccc(N2C[C@](O)(c3ccc(C)cc3)[N+]3=C2SCCC3)cc1. The summed E-state index contributed by atoms with van der Waals surface area (Å²) in [5.41, 5.74) is 2.26. The van der Waals surface area contributed by atoms with E-state index in [-0.39, 0.29) is 0 Å². The molecule has 0 aliphatic carbocycles. The van der Waals surface area contributed by atoms with Crippen LogP contribution in [0.4, 0.5) is 5.69 Å². The summed E-state index contributed by atoms with van der Waals surface area (Å²) in [7, 11) is 0. The van der Waals surface area contributed by atoms with Gasteiger partial charge in [0.1, 0.15) is 11.4 Å². The third-order valence-electron chi connectivity index (χ3n) is 5.02. The number of aliphatic hydroxyl groups is 1. The summed E-state index contributed by atoms with van der Waals surface area (Å²) in [6, 6.07) is 16.4. The molecule has 4 rings (SSSR count). The van der Waals surface area contributed by atoms with E-state index in [1.807, 2.05) is 43.0 Å². The van der Waals surface area contributed by atoms with Gasteiger partial charge in [-0.05, 0) is 56.3 Å². The fourth-order valence-electron chi connectivity index (χ4n) is 3.66. The third kappa shape index (κ3) is 2.99. The van der Waals surface area contributed by atoms with Gasteiger partial charge < -0.3 is 9.84 Å². The van der Waals surface area contributed by atoms with E-state index in [9.17, 15) is 5.11 Å². The number of ether oxygens (including phenoxy) is 1. The highest BCUT2D eigenvalue weighted by Crippen LogP contribution is 2.38. The molecule has 2 aliphatic heterocycles. The van der Waals surface area contributed by atoms with E-state index in [1.54, 1.807) is 0 Å². The van der Waals surface area contributed by atoms with Gasteiger partial charge in [-0.3, -0.25) is 0 Å². The molecule has 0 spiro atoms. The van der Waals surface area contributed by atoms with E-state index in [1.165, 1.54) is 5.56 Å². The summed E-state index contributed by atoms with van der Waals surface area (Å²) >= 11 is 1.83. The van der Waals surface area contributed by atoms with Crippen molar-refractivity contribution in [2.45, 2.75) is 26.0 Å². The van der Waals surface area contributed by atoms with E-state index in [0.717, 1.165) is 40.9 Å². The first-order valence-corrected chi connectivity index (χ1v) is 10.2. The van der Waals surface area contributed by atoms with Crippen molar-refractivity contribution in [1.82, 2.24) is 0 Å². The number of amidine groups is 1. The van der Waals surface area contributed by atoms with Crippen LogP contribution in [0.1, 0.15) is 24.5 Å². The van der Waals surface area contributed by atoms with Crippen molar-refractivity contribution in [3.8, 4) is 5.75 Å². The van der Waals surface area contributed by atoms with E-state index >= 15 is 0 Å². The molecule has 136 valence electrons. The Labute approximate surface area is 159 Å². The maximum atomic E-state index is 11.6. The number of thioether (sulfide) groups is 1. The Morgan fingerprint density at radius 3 is 2.58 bits per heavy atom. The van der Waals surface area contributed by atoms with E-state index in [4.69, 9.17) is 4.74 Å². The van der Waals surface area contributed by atoms with Gasteiger partial charge in [-0.25, -0.2) is 9.48 Å². The lowest BCUT2D eigenvalue weighted by atomic mass is 10.0. The normalized spacial score (nSPS) is 22.5. The van der Waals surface area contributed by atoms with Gasteiger partial charge in [0.05, 0.1) is 13.2 Å². The van der Waals surface area contributed by atoms with Gasteiger partial charge >= 0.3 is 5.17 Å². The Bertz CT molecular complexity index is 817. The summed E-state index contributed by atoms with van der Waals surface area (Å²) in [6.45, 7) is 6.13. The lowest BCUT2D eigenvalue weighted by Gasteiger charge is -2.24. The van der Waals surface area contributed by atoms with Crippen LogP contribution in [0.2, 0.25) is 0 Å². The maximum absolute atomic E-state index is 11.6. The molecule has 0 amide bonds. The zero-order valence-corrected chi connectivity index (χ0v) is 16.1. The van der Waals surface area contributed by atoms with Crippen LogP contribution in [-0.4, -0.2) is 40.3 Å². The Balaban J connectivity index is 1.71. The zero-order valence-electron chi connectivity index (χ0n) is 15.3. The highest BCUT2D eigenvalue weighted by atomic mass is 32.2. The zero-order chi connectivity index (χ0) is 18.1. The Kier molecular flexibility index (Phi) is 4.67. The van der Waals surface area contributed by atoms with Crippen molar-refractivity contribution >= 4 is 22.6 Å². The number of β-amino-alcohol motifs (C(OH)–C–C–N with tert-alkyl or cyclic N) is 1. The fourth-order valence-corrected chi connectivity index (χ4v) is 4.84. The minimum Gasteiger partial charge on any atom is -0.494 e. The number of benzene rings is 2. The maximum Gasteiger partial charge on any atom is 0.316 e. The van der Waals surface area contributed by atoms with Crippen LogP contribution < -0.4 is 9.64 Å². The van der Waals surface area contributed by atoms with Crippen molar-refractivity contribution < 1.29 is 14.4 Å². The summed E-state index contributed by atoms with van der Waals surface area (Å²) in [4.78, 5) is 2.24. The molecule has 1 atom stereocenters. The molecule has 0 aromatic heterocycles. The first kappa shape index (κ1) is 17.4. The predicted octanol–water partition coefficient (Wildman–Crippen LogP) is 3.56. The Morgan fingerprint density at radius 1 is 1.15 bits per heavy atom. The number of nitrogens with zero attached hydrogens (tertiary/aromatic N) is 2. The van der Waals surface area contributed by atoms with Gasteiger partial charge in [0.25, 0.3) is 5.72 Å². The smallest absolute Gasteiger partial charge is 0.316 e. The molecule has 2 aromatic rings. The summed E-state index contributed by atoms with van der Waals surface area (Å²) in [6.07, 6.45) is 1.08. The molecule has 0 unspecified atom stereocenters. The Morgan fingerprint density at radius 2 is 1.88 bits per heavy atom. The van der Waals surface area contributed by atoms with Crippen LogP contribution in [-0.2, 0) is 5.72 Å². The average Bonchev–Trinajstić information content (AvgIpc) is 2.98. The molecule has 0 saturated heterocycles. The molecule has 0 saturated carbocycles. The number of hydrogen-bond donors (Lipinski definition) is 1. The molecule has 0 radical (unpaired) electrons. The van der Waals surface area contributed by atoms with E-state index in [2.05, 4.69) is 40.7 Å². The lowest BCUT2D eigenvalue weighted by Crippen LogP contribution is -2.41. The van der Waals surface area contributed by atoms with Crippen molar-refractivity contribution in [3.63, 3.8) is 0 Å². The first-order chi connectivity index (χ1) is 12.6. The quantitative estimate of drug-likeness (QED) is 0.836. The standard InChI is InChI=1S/C21H25N2O2S/c1-3-25-19-11-9-18(10-12-19)22-15-21(24,17-7-5-16(2)6-8-17)23-13-4-14-26-20(22)23/h5-12,24H,3-4,13-15H2,1-2H3/q+1/t21-/m0/s1. The van der Waals surface area contributed by atoms with Crippen LogP contribution in [0.5, 0.6) is 5.75 Å². The molecular formula is C21H25N2O2S+. The second kappa shape index (κ2) is 6.97. The third-order valence-corrected chi connectivity index (χ3v) is 6.21. The molecule has 2 aliphatic rings. The van der Waals surface area contributed by atoms with E-state index < -0.39 is 5.72 Å². The van der Waals surface area contributed by atoms with Gasteiger partial charge in [0.15, 0.2) is 6.54 Å². The molecular weight excluding hydrogens is 344 g/mol. The molecule has 2 aromatic carbocycles. The van der Waals surface area contributed by atoms with Crippen LogP contribution in [0.15, 0.2) is 48.5 Å². The minimum absolute atomic E-state index is 0.534. The predicted molar refractivity (Wildman–Crippen MR) is 107 cm³/mol. The summed E-state index contributed by atoms with van der Waals surface area (Å²) in [5, 5.41) is 12.8. The highest BCUT2D eigenvalue weighted by molar-refractivity contribution is 8.13. The number of hydrogen-bond acceptors (Lipinski definition) is 4. The van der Waals surface area contributed by atoms with Gasteiger partial charge in [0.2, 0.25) is 0 Å². The second-order valence-electron chi connectivity index (χ2n) is 6.83. The molecule has 5 heteroatoms. The van der Waals surface area contributed by atoms with Crippen molar-refractivity contribution in [2.75, 3.05) is 30.3 Å². The van der Waals surface area contributed by atoms with Crippen molar-refractivity contribution in [3.05, 3.63) is 59.7 Å². The Hall–Kier alpha value is -1.98. The number of anilines is 1. The monoisotopic (exact) mass is 369 g/mol. The van der Waals surface area contributed by atoms with Crippen LogP contribution in [0.25, 0.3) is 0 Å².